The molecule has 1 spiro atoms. The summed E-state index contributed by atoms with van der Waals surface area (Å²) in [5.41, 5.74) is -0.148. The first-order valence-corrected chi connectivity index (χ1v) is 7.43. The lowest BCUT2D eigenvalue weighted by Crippen LogP contribution is -2.38. The average Bonchev–Trinajstić information content (AvgIpc) is 2.81. The highest BCUT2D eigenvalue weighted by Gasteiger charge is 2.40. The first kappa shape index (κ1) is 14.8. The number of halogens is 3. The number of nitrogens with one attached hydrogen (secondary N) is 1. The topological polar surface area (TPSA) is 28.2 Å². The Morgan fingerprint density at radius 3 is 2.71 bits per heavy atom. The molecular formula is C15H20F3N3. The fourth-order valence-electron chi connectivity index (χ4n) is 3.56. The second-order valence-electron chi connectivity index (χ2n) is 6.21. The molecular weight excluding hydrogens is 279 g/mol. The maximum Gasteiger partial charge on any atom is 0.418 e. The molecule has 0 bridgehead atoms. The summed E-state index contributed by atoms with van der Waals surface area (Å²) in [5.74, 6) is 0. The van der Waals surface area contributed by atoms with E-state index < -0.39 is 11.7 Å². The van der Waals surface area contributed by atoms with Gasteiger partial charge in [0.25, 0.3) is 0 Å². The standard InChI is InChI=1S/C15H20F3N3/c16-15(17,18)12-2-1-6-20-13(12)10-21-9-5-14(11-21)3-7-19-8-4-14/h1-2,6,19H,3-5,7-11H2. The lowest BCUT2D eigenvalue weighted by Gasteiger charge is -2.34. The maximum atomic E-state index is 13.0. The van der Waals surface area contributed by atoms with Gasteiger partial charge in [0.1, 0.15) is 0 Å². The van der Waals surface area contributed by atoms with Gasteiger partial charge < -0.3 is 5.32 Å². The van der Waals surface area contributed by atoms with Gasteiger partial charge >= 0.3 is 6.18 Å². The SMILES string of the molecule is FC(F)(F)c1cccnc1CN1CCC2(CCNCC2)C1. The number of hydrogen-bond donors (Lipinski definition) is 1. The van der Waals surface area contributed by atoms with Crippen LogP contribution in [0, 0.1) is 5.41 Å². The van der Waals surface area contributed by atoms with Crippen molar-refractivity contribution in [3.63, 3.8) is 0 Å². The highest BCUT2D eigenvalue weighted by molar-refractivity contribution is 5.23. The molecule has 0 amide bonds. The number of hydrogen-bond acceptors (Lipinski definition) is 3. The Morgan fingerprint density at radius 2 is 2.00 bits per heavy atom. The molecule has 1 aromatic heterocycles. The summed E-state index contributed by atoms with van der Waals surface area (Å²) in [6, 6.07) is 2.48. The van der Waals surface area contributed by atoms with Gasteiger partial charge in [0.05, 0.1) is 11.3 Å². The molecule has 0 radical (unpaired) electrons. The van der Waals surface area contributed by atoms with Gasteiger partial charge in [0.2, 0.25) is 0 Å². The van der Waals surface area contributed by atoms with Crippen LogP contribution in [-0.4, -0.2) is 36.1 Å². The molecule has 116 valence electrons. The third kappa shape index (κ3) is 3.21. The summed E-state index contributed by atoms with van der Waals surface area (Å²) in [6.07, 6.45) is 0.454. The molecule has 0 aliphatic carbocycles. The number of pyridine rings is 1. The molecule has 3 heterocycles. The van der Waals surface area contributed by atoms with Gasteiger partial charge in [0, 0.05) is 19.3 Å². The summed E-state index contributed by atoms with van der Waals surface area (Å²) in [6.45, 7) is 4.09. The van der Waals surface area contributed by atoms with Crippen LogP contribution in [0.4, 0.5) is 13.2 Å². The molecule has 1 N–H and O–H groups in total. The summed E-state index contributed by atoms with van der Waals surface area (Å²) < 4.78 is 39.0. The molecule has 2 aliphatic rings. The van der Waals surface area contributed by atoms with Gasteiger partial charge in [0.15, 0.2) is 0 Å². The fraction of sp³-hybridized carbons (Fsp3) is 0.667. The molecule has 0 saturated carbocycles. The Kier molecular flexibility index (Phi) is 3.92. The minimum atomic E-state index is -4.32. The van der Waals surface area contributed by atoms with Gasteiger partial charge in [-0.1, -0.05) is 0 Å². The van der Waals surface area contributed by atoms with E-state index >= 15 is 0 Å². The lowest BCUT2D eigenvalue weighted by molar-refractivity contribution is -0.138. The molecule has 3 nitrogen and oxygen atoms in total. The molecule has 6 heteroatoms. The van der Waals surface area contributed by atoms with Crippen molar-refractivity contribution in [2.24, 2.45) is 5.41 Å². The van der Waals surface area contributed by atoms with Crippen LogP contribution in [0.1, 0.15) is 30.5 Å². The van der Waals surface area contributed by atoms with Crippen LogP contribution in [-0.2, 0) is 12.7 Å². The number of nitrogens with zero attached hydrogens (tertiary/aromatic N) is 2. The zero-order valence-electron chi connectivity index (χ0n) is 11.9. The van der Waals surface area contributed by atoms with E-state index in [4.69, 9.17) is 0 Å². The Bertz CT molecular complexity index is 495. The second kappa shape index (κ2) is 5.57. The van der Waals surface area contributed by atoms with Gasteiger partial charge in [-0.25, -0.2) is 0 Å². The van der Waals surface area contributed by atoms with Crippen LogP contribution in [0.25, 0.3) is 0 Å². The Labute approximate surface area is 122 Å². The number of likely N-dealkylation sites (tertiary alicyclic amines) is 1. The number of aromatic nitrogens is 1. The minimum Gasteiger partial charge on any atom is -0.317 e. The number of rotatable bonds is 2. The summed E-state index contributed by atoms with van der Waals surface area (Å²) in [4.78, 5) is 6.10. The predicted octanol–water partition coefficient (Wildman–Crippen LogP) is 2.68. The zero-order chi connectivity index (χ0) is 14.9. The number of alkyl halides is 3. The Hall–Kier alpha value is -1.14. The van der Waals surface area contributed by atoms with E-state index in [0.717, 1.165) is 51.5 Å². The van der Waals surface area contributed by atoms with Crippen molar-refractivity contribution in [1.29, 1.82) is 0 Å². The van der Waals surface area contributed by atoms with Crippen LogP contribution < -0.4 is 5.32 Å². The van der Waals surface area contributed by atoms with Crippen LogP contribution in [0.15, 0.2) is 18.3 Å². The van der Waals surface area contributed by atoms with Crippen molar-refractivity contribution in [3.05, 3.63) is 29.6 Å². The second-order valence-corrected chi connectivity index (χ2v) is 6.21. The van der Waals surface area contributed by atoms with E-state index in [1.807, 2.05) is 0 Å². The fourth-order valence-corrected chi connectivity index (χ4v) is 3.56. The zero-order valence-corrected chi connectivity index (χ0v) is 11.9. The van der Waals surface area contributed by atoms with Crippen molar-refractivity contribution in [3.8, 4) is 0 Å². The van der Waals surface area contributed by atoms with Gasteiger partial charge in [-0.05, 0) is 56.4 Å². The first-order valence-electron chi connectivity index (χ1n) is 7.43. The molecule has 1 aromatic rings. The van der Waals surface area contributed by atoms with E-state index in [1.54, 1.807) is 0 Å². The smallest absolute Gasteiger partial charge is 0.317 e. The molecule has 0 unspecified atom stereocenters. The summed E-state index contributed by atoms with van der Waals surface area (Å²) in [5, 5.41) is 3.35. The third-order valence-corrected chi connectivity index (χ3v) is 4.75. The highest BCUT2D eigenvalue weighted by Crippen LogP contribution is 2.39. The largest absolute Gasteiger partial charge is 0.418 e. The van der Waals surface area contributed by atoms with Crippen molar-refractivity contribution in [1.82, 2.24) is 15.2 Å². The van der Waals surface area contributed by atoms with E-state index in [1.165, 1.54) is 12.3 Å². The van der Waals surface area contributed by atoms with E-state index in [-0.39, 0.29) is 5.69 Å². The van der Waals surface area contributed by atoms with Gasteiger partial charge in [-0.2, -0.15) is 13.2 Å². The molecule has 2 aliphatic heterocycles. The van der Waals surface area contributed by atoms with Crippen molar-refractivity contribution < 1.29 is 13.2 Å². The van der Waals surface area contributed by atoms with Crippen LogP contribution in [0.2, 0.25) is 0 Å². The van der Waals surface area contributed by atoms with Crippen LogP contribution >= 0.6 is 0 Å². The normalized spacial score (nSPS) is 22.8. The monoisotopic (exact) mass is 299 g/mol. The average molecular weight is 299 g/mol. The molecule has 2 saturated heterocycles. The molecule has 0 aromatic carbocycles. The highest BCUT2D eigenvalue weighted by atomic mass is 19.4. The maximum absolute atomic E-state index is 13.0. The molecule has 21 heavy (non-hydrogen) atoms. The first-order chi connectivity index (χ1) is 9.99. The predicted molar refractivity (Wildman–Crippen MR) is 73.7 cm³/mol. The van der Waals surface area contributed by atoms with Crippen molar-refractivity contribution in [2.75, 3.05) is 26.2 Å². The number of piperidine rings is 1. The van der Waals surface area contributed by atoms with E-state index in [9.17, 15) is 13.2 Å². The lowest BCUT2D eigenvalue weighted by atomic mass is 9.78. The van der Waals surface area contributed by atoms with Gasteiger partial charge in [-0.3, -0.25) is 9.88 Å². The van der Waals surface area contributed by atoms with Crippen LogP contribution in [0.5, 0.6) is 0 Å². The third-order valence-electron chi connectivity index (χ3n) is 4.75. The molecule has 3 rings (SSSR count). The van der Waals surface area contributed by atoms with E-state index in [2.05, 4.69) is 15.2 Å². The summed E-state index contributed by atoms with van der Waals surface area (Å²) in [7, 11) is 0. The quantitative estimate of drug-likeness (QED) is 0.910. The van der Waals surface area contributed by atoms with Crippen LogP contribution in [0.3, 0.4) is 0 Å². The Morgan fingerprint density at radius 1 is 1.24 bits per heavy atom. The van der Waals surface area contributed by atoms with E-state index in [0.29, 0.717) is 12.0 Å². The van der Waals surface area contributed by atoms with Crippen molar-refractivity contribution >= 4 is 0 Å². The Balaban J connectivity index is 1.71. The minimum absolute atomic E-state index is 0.149. The molecule has 0 atom stereocenters. The van der Waals surface area contributed by atoms with Crippen molar-refractivity contribution in [2.45, 2.75) is 32.0 Å². The van der Waals surface area contributed by atoms with Gasteiger partial charge in [-0.15, -0.1) is 0 Å². The summed E-state index contributed by atoms with van der Waals surface area (Å²) >= 11 is 0. The molecule has 2 fully saturated rings.